The predicted octanol–water partition coefficient (Wildman–Crippen LogP) is 3.09. The maximum absolute atomic E-state index is 11.9. The molecule has 0 aliphatic rings. The van der Waals surface area contributed by atoms with E-state index in [1.165, 1.54) is 5.56 Å². The maximum atomic E-state index is 11.9. The van der Waals surface area contributed by atoms with E-state index in [2.05, 4.69) is 13.2 Å². The van der Waals surface area contributed by atoms with Crippen molar-refractivity contribution < 1.29 is 4.79 Å². The Morgan fingerprint density at radius 2 is 1.69 bits per heavy atom. The number of anilines is 1. The van der Waals surface area contributed by atoms with Gasteiger partial charge < -0.3 is 4.90 Å². The van der Waals surface area contributed by atoms with Gasteiger partial charge >= 0.3 is 0 Å². The minimum atomic E-state index is -0.114. The molecule has 0 saturated carbocycles. The van der Waals surface area contributed by atoms with Crippen molar-refractivity contribution in [3.05, 3.63) is 54.1 Å². The molecule has 2 nitrogen and oxygen atoms in total. The summed E-state index contributed by atoms with van der Waals surface area (Å²) in [5.41, 5.74) is 3.17. The fraction of sp³-hybridized carbons (Fsp3) is 0.214. The molecule has 84 valence electrons. The van der Waals surface area contributed by atoms with Crippen molar-refractivity contribution in [3.8, 4) is 0 Å². The zero-order valence-electron chi connectivity index (χ0n) is 10.1. The van der Waals surface area contributed by atoms with E-state index in [0.29, 0.717) is 11.1 Å². The first-order chi connectivity index (χ1) is 7.43. The highest BCUT2D eigenvalue weighted by Gasteiger charge is 2.14. The predicted molar refractivity (Wildman–Crippen MR) is 68.5 cm³/mol. The topological polar surface area (TPSA) is 20.3 Å². The summed E-state index contributed by atoms with van der Waals surface area (Å²) in [5.74, 6) is -0.114. The Labute approximate surface area is 96.9 Å². The van der Waals surface area contributed by atoms with Gasteiger partial charge in [0.05, 0.1) is 0 Å². The molecule has 0 fully saturated rings. The van der Waals surface area contributed by atoms with Crippen LogP contribution < -0.4 is 4.90 Å². The van der Waals surface area contributed by atoms with Crippen molar-refractivity contribution in [2.75, 3.05) is 11.9 Å². The number of likely N-dealkylation sites (N-methyl/N-ethyl adjacent to an activating group) is 1. The molecule has 0 radical (unpaired) electrons. The molecule has 0 N–H and O–H groups in total. The molecule has 1 amide bonds. The Morgan fingerprint density at radius 3 is 2.12 bits per heavy atom. The molecule has 16 heavy (non-hydrogen) atoms. The van der Waals surface area contributed by atoms with Crippen LogP contribution in [0.2, 0.25) is 0 Å². The van der Waals surface area contributed by atoms with Crippen LogP contribution in [0.25, 0.3) is 0 Å². The van der Waals surface area contributed by atoms with E-state index in [9.17, 15) is 4.79 Å². The number of amides is 1. The van der Waals surface area contributed by atoms with Crippen molar-refractivity contribution in [1.82, 2.24) is 0 Å². The van der Waals surface area contributed by atoms with Gasteiger partial charge in [-0.2, -0.15) is 0 Å². The minimum Gasteiger partial charge on any atom is -0.311 e. The standard InChI is InChI=1S/C14H17NO/c1-10(2)12(4)14(16)15(5)13-8-6-11(3)7-9-13/h6-9H,1,4H2,2-3,5H3. The van der Waals surface area contributed by atoms with E-state index in [1.807, 2.05) is 31.2 Å². The van der Waals surface area contributed by atoms with Crippen LogP contribution in [-0.4, -0.2) is 13.0 Å². The van der Waals surface area contributed by atoms with E-state index < -0.39 is 0 Å². The maximum Gasteiger partial charge on any atom is 0.257 e. The van der Waals surface area contributed by atoms with Crippen LogP contribution in [-0.2, 0) is 4.79 Å². The summed E-state index contributed by atoms with van der Waals surface area (Å²) in [6.45, 7) is 11.2. The molecule has 0 aliphatic heterocycles. The molecule has 0 atom stereocenters. The zero-order chi connectivity index (χ0) is 12.3. The number of carbonyl (C=O) groups is 1. The average Bonchev–Trinajstić information content (AvgIpc) is 2.27. The van der Waals surface area contributed by atoms with E-state index in [1.54, 1.807) is 18.9 Å². The lowest BCUT2D eigenvalue weighted by Gasteiger charge is -2.18. The highest BCUT2D eigenvalue weighted by atomic mass is 16.2. The van der Waals surface area contributed by atoms with Gasteiger partial charge in [-0.05, 0) is 31.6 Å². The van der Waals surface area contributed by atoms with Crippen molar-refractivity contribution in [2.45, 2.75) is 13.8 Å². The molecule has 0 unspecified atom stereocenters. The smallest absolute Gasteiger partial charge is 0.257 e. The zero-order valence-corrected chi connectivity index (χ0v) is 10.1. The molecule has 0 bridgehead atoms. The molecule has 0 aromatic heterocycles. The number of nitrogens with zero attached hydrogens (tertiary/aromatic N) is 1. The van der Waals surface area contributed by atoms with Crippen LogP contribution in [0.4, 0.5) is 5.69 Å². The van der Waals surface area contributed by atoms with Gasteiger partial charge in [-0.1, -0.05) is 30.9 Å². The number of hydrogen-bond acceptors (Lipinski definition) is 1. The Balaban J connectivity index is 2.90. The second-order valence-corrected chi connectivity index (χ2v) is 3.96. The monoisotopic (exact) mass is 215 g/mol. The highest BCUT2D eigenvalue weighted by Crippen LogP contribution is 2.17. The van der Waals surface area contributed by atoms with Gasteiger partial charge in [0.25, 0.3) is 5.91 Å². The summed E-state index contributed by atoms with van der Waals surface area (Å²) < 4.78 is 0. The first-order valence-corrected chi connectivity index (χ1v) is 5.13. The summed E-state index contributed by atoms with van der Waals surface area (Å²) in [5, 5.41) is 0. The number of hydrogen-bond donors (Lipinski definition) is 0. The third-order valence-electron chi connectivity index (χ3n) is 2.50. The molecule has 0 spiro atoms. The summed E-state index contributed by atoms with van der Waals surface area (Å²) in [4.78, 5) is 13.5. The highest BCUT2D eigenvalue weighted by molar-refractivity contribution is 6.07. The molecule has 0 aliphatic carbocycles. The molecule has 0 saturated heterocycles. The van der Waals surface area contributed by atoms with Gasteiger partial charge in [0.2, 0.25) is 0 Å². The van der Waals surface area contributed by atoms with E-state index >= 15 is 0 Å². The minimum absolute atomic E-state index is 0.114. The van der Waals surface area contributed by atoms with Crippen molar-refractivity contribution in [3.63, 3.8) is 0 Å². The number of benzene rings is 1. The third kappa shape index (κ3) is 2.60. The quantitative estimate of drug-likeness (QED) is 0.560. The van der Waals surface area contributed by atoms with Gasteiger partial charge in [0.1, 0.15) is 0 Å². The normalized spacial score (nSPS) is 9.69. The van der Waals surface area contributed by atoms with Crippen molar-refractivity contribution in [2.24, 2.45) is 0 Å². The first kappa shape index (κ1) is 12.2. The lowest BCUT2D eigenvalue weighted by molar-refractivity contribution is -0.114. The molecule has 2 heteroatoms. The lowest BCUT2D eigenvalue weighted by Crippen LogP contribution is -2.27. The van der Waals surface area contributed by atoms with Gasteiger partial charge in [0.15, 0.2) is 0 Å². The summed E-state index contributed by atoms with van der Waals surface area (Å²) >= 11 is 0. The molecular formula is C14H17NO. The molecule has 1 rings (SSSR count). The Kier molecular flexibility index (Phi) is 3.67. The lowest BCUT2D eigenvalue weighted by atomic mass is 10.1. The van der Waals surface area contributed by atoms with Crippen molar-refractivity contribution >= 4 is 11.6 Å². The van der Waals surface area contributed by atoms with Crippen molar-refractivity contribution in [1.29, 1.82) is 0 Å². The van der Waals surface area contributed by atoms with Gasteiger partial charge in [-0.15, -0.1) is 0 Å². The summed E-state index contributed by atoms with van der Waals surface area (Å²) in [6, 6.07) is 7.78. The Hall–Kier alpha value is -1.83. The first-order valence-electron chi connectivity index (χ1n) is 5.13. The Morgan fingerprint density at radius 1 is 1.19 bits per heavy atom. The van der Waals surface area contributed by atoms with Gasteiger partial charge in [0, 0.05) is 18.3 Å². The third-order valence-corrected chi connectivity index (χ3v) is 2.50. The second kappa shape index (κ2) is 4.79. The van der Waals surface area contributed by atoms with Crippen LogP contribution in [0.3, 0.4) is 0 Å². The molecule has 0 heterocycles. The Bertz CT molecular complexity index is 429. The van der Waals surface area contributed by atoms with E-state index in [0.717, 1.165) is 5.69 Å². The van der Waals surface area contributed by atoms with Crippen LogP contribution in [0.15, 0.2) is 48.6 Å². The molecule has 1 aromatic carbocycles. The number of aryl methyl sites for hydroxylation is 1. The van der Waals surface area contributed by atoms with E-state index in [-0.39, 0.29) is 5.91 Å². The summed E-state index contributed by atoms with van der Waals surface area (Å²) in [7, 11) is 1.74. The number of rotatable bonds is 3. The SMILES string of the molecule is C=C(C)C(=C)C(=O)N(C)c1ccc(C)cc1. The van der Waals surface area contributed by atoms with Gasteiger partial charge in [-0.25, -0.2) is 0 Å². The van der Waals surface area contributed by atoms with Crippen LogP contribution in [0, 0.1) is 6.92 Å². The fourth-order valence-electron chi connectivity index (χ4n) is 1.27. The summed E-state index contributed by atoms with van der Waals surface area (Å²) in [6.07, 6.45) is 0. The molecular weight excluding hydrogens is 198 g/mol. The van der Waals surface area contributed by atoms with Crippen LogP contribution in [0.5, 0.6) is 0 Å². The second-order valence-electron chi connectivity index (χ2n) is 3.96. The van der Waals surface area contributed by atoms with Crippen LogP contribution in [0.1, 0.15) is 12.5 Å². The number of carbonyl (C=O) groups excluding carboxylic acids is 1. The van der Waals surface area contributed by atoms with E-state index in [4.69, 9.17) is 0 Å². The van der Waals surface area contributed by atoms with Crippen LogP contribution >= 0.6 is 0 Å². The fourth-order valence-corrected chi connectivity index (χ4v) is 1.27. The van der Waals surface area contributed by atoms with Gasteiger partial charge in [-0.3, -0.25) is 4.79 Å². The molecule has 1 aromatic rings. The largest absolute Gasteiger partial charge is 0.311 e. The average molecular weight is 215 g/mol.